The van der Waals surface area contributed by atoms with Crippen molar-refractivity contribution < 1.29 is 19.0 Å². The summed E-state index contributed by atoms with van der Waals surface area (Å²) in [5.41, 5.74) is -0.661. The SMILES string of the molecule is OCc1cc(O)c(C(F)F)nc1Cl. The molecule has 0 aliphatic rings. The van der Waals surface area contributed by atoms with Crippen molar-refractivity contribution in [3.05, 3.63) is 22.5 Å². The monoisotopic (exact) mass is 209 g/mol. The van der Waals surface area contributed by atoms with Crippen LogP contribution in [0.1, 0.15) is 17.7 Å². The van der Waals surface area contributed by atoms with Gasteiger partial charge in [0.15, 0.2) is 0 Å². The van der Waals surface area contributed by atoms with Crippen LogP contribution in [0.5, 0.6) is 5.75 Å². The van der Waals surface area contributed by atoms with E-state index in [2.05, 4.69) is 4.98 Å². The van der Waals surface area contributed by atoms with Gasteiger partial charge in [0, 0.05) is 5.56 Å². The van der Waals surface area contributed by atoms with Crippen LogP contribution in [0.25, 0.3) is 0 Å². The predicted octanol–water partition coefficient (Wildman–Crippen LogP) is 1.87. The van der Waals surface area contributed by atoms with Gasteiger partial charge in [-0.1, -0.05) is 11.6 Å². The third-order valence-corrected chi connectivity index (χ3v) is 1.76. The molecule has 2 N–H and O–H groups in total. The Morgan fingerprint density at radius 3 is 2.62 bits per heavy atom. The van der Waals surface area contributed by atoms with Crippen molar-refractivity contribution >= 4 is 11.6 Å². The van der Waals surface area contributed by atoms with Gasteiger partial charge >= 0.3 is 0 Å². The van der Waals surface area contributed by atoms with Gasteiger partial charge in [0.2, 0.25) is 0 Å². The number of hydrogen-bond acceptors (Lipinski definition) is 3. The molecule has 72 valence electrons. The van der Waals surface area contributed by atoms with E-state index in [1.807, 2.05) is 0 Å². The Bertz CT molecular complexity index is 320. The summed E-state index contributed by atoms with van der Waals surface area (Å²) in [4.78, 5) is 3.25. The van der Waals surface area contributed by atoms with Crippen LogP contribution in [0.4, 0.5) is 8.78 Å². The summed E-state index contributed by atoms with van der Waals surface area (Å²) >= 11 is 5.43. The lowest BCUT2D eigenvalue weighted by Gasteiger charge is -2.05. The Kier molecular flexibility index (Phi) is 3.00. The van der Waals surface area contributed by atoms with E-state index in [-0.39, 0.29) is 10.7 Å². The molecule has 1 heterocycles. The molecule has 1 rings (SSSR count). The van der Waals surface area contributed by atoms with E-state index in [9.17, 15) is 8.78 Å². The number of aliphatic hydroxyl groups is 1. The van der Waals surface area contributed by atoms with Gasteiger partial charge in [-0.25, -0.2) is 13.8 Å². The maximum atomic E-state index is 12.1. The molecule has 3 nitrogen and oxygen atoms in total. The third-order valence-electron chi connectivity index (χ3n) is 1.43. The fourth-order valence-corrected chi connectivity index (χ4v) is 1.01. The second-order valence-electron chi connectivity index (χ2n) is 2.30. The van der Waals surface area contributed by atoms with Gasteiger partial charge in [-0.05, 0) is 6.07 Å². The van der Waals surface area contributed by atoms with Crippen LogP contribution in [0.15, 0.2) is 6.07 Å². The van der Waals surface area contributed by atoms with E-state index in [0.29, 0.717) is 0 Å². The number of hydrogen-bond donors (Lipinski definition) is 2. The molecule has 0 saturated heterocycles. The maximum absolute atomic E-state index is 12.1. The minimum absolute atomic E-state index is 0.114. The molecule has 0 fully saturated rings. The number of pyridine rings is 1. The zero-order valence-corrected chi connectivity index (χ0v) is 7.09. The lowest BCUT2D eigenvalue weighted by molar-refractivity contribution is 0.141. The summed E-state index contributed by atoms with van der Waals surface area (Å²) in [6.07, 6.45) is -2.88. The molecule has 0 atom stereocenters. The fraction of sp³-hybridized carbons (Fsp3) is 0.286. The molecular weight excluding hydrogens is 204 g/mol. The molecule has 0 aliphatic heterocycles. The van der Waals surface area contributed by atoms with Crippen LogP contribution in [-0.2, 0) is 6.61 Å². The Labute approximate surface area is 77.6 Å². The smallest absolute Gasteiger partial charge is 0.284 e. The number of aromatic nitrogens is 1. The summed E-state index contributed by atoms with van der Waals surface area (Å²) in [7, 11) is 0. The van der Waals surface area contributed by atoms with Crippen LogP contribution in [-0.4, -0.2) is 15.2 Å². The quantitative estimate of drug-likeness (QED) is 0.731. The summed E-state index contributed by atoms with van der Waals surface area (Å²) in [5, 5.41) is 17.4. The maximum Gasteiger partial charge on any atom is 0.284 e. The zero-order valence-electron chi connectivity index (χ0n) is 6.34. The minimum atomic E-state index is -2.88. The van der Waals surface area contributed by atoms with Gasteiger partial charge in [-0.15, -0.1) is 0 Å². The molecule has 0 spiro atoms. The number of aliphatic hydroxyl groups excluding tert-OH is 1. The van der Waals surface area contributed by atoms with Crippen LogP contribution < -0.4 is 0 Å². The molecule has 1 aromatic rings. The van der Waals surface area contributed by atoms with Crippen molar-refractivity contribution in [1.82, 2.24) is 4.98 Å². The number of halogens is 3. The summed E-state index contributed by atoms with van der Waals surface area (Å²) < 4.78 is 24.2. The molecule has 1 aromatic heterocycles. The first-order valence-electron chi connectivity index (χ1n) is 3.33. The lowest BCUT2D eigenvalue weighted by atomic mass is 10.2. The topological polar surface area (TPSA) is 53.4 Å². The fourth-order valence-electron chi connectivity index (χ4n) is 0.805. The minimum Gasteiger partial charge on any atom is -0.506 e. The van der Waals surface area contributed by atoms with Crippen LogP contribution in [0.2, 0.25) is 5.15 Å². The Balaban J connectivity index is 3.20. The highest BCUT2D eigenvalue weighted by Gasteiger charge is 2.17. The largest absolute Gasteiger partial charge is 0.506 e. The highest BCUT2D eigenvalue weighted by atomic mass is 35.5. The van der Waals surface area contributed by atoms with Gasteiger partial charge < -0.3 is 10.2 Å². The molecule has 0 aromatic carbocycles. The van der Waals surface area contributed by atoms with Crippen molar-refractivity contribution in [2.45, 2.75) is 13.0 Å². The van der Waals surface area contributed by atoms with Crippen LogP contribution >= 0.6 is 11.6 Å². The number of aromatic hydroxyl groups is 1. The van der Waals surface area contributed by atoms with Gasteiger partial charge in [-0.3, -0.25) is 0 Å². The Hall–Kier alpha value is -0.940. The van der Waals surface area contributed by atoms with Crippen LogP contribution in [0.3, 0.4) is 0 Å². The highest BCUT2D eigenvalue weighted by molar-refractivity contribution is 6.30. The molecule has 0 saturated carbocycles. The van der Waals surface area contributed by atoms with E-state index in [1.165, 1.54) is 0 Å². The molecule has 0 unspecified atom stereocenters. The first-order chi connectivity index (χ1) is 6.06. The van der Waals surface area contributed by atoms with E-state index in [0.717, 1.165) is 6.07 Å². The average molecular weight is 210 g/mol. The van der Waals surface area contributed by atoms with Crippen molar-refractivity contribution in [1.29, 1.82) is 0 Å². The van der Waals surface area contributed by atoms with Gasteiger partial charge in [0.05, 0.1) is 6.61 Å². The van der Waals surface area contributed by atoms with Crippen molar-refractivity contribution in [3.8, 4) is 5.75 Å². The molecule has 0 aliphatic carbocycles. The highest BCUT2D eigenvalue weighted by Crippen LogP contribution is 2.29. The summed E-state index contributed by atoms with van der Waals surface area (Å²) in [6.45, 7) is -0.455. The van der Waals surface area contributed by atoms with E-state index in [1.54, 1.807) is 0 Å². The first-order valence-corrected chi connectivity index (χ1v) is 3.71. The second-order valence-corrected chi connectivity index (χ2v) is 2.66. The molecule has 13 heavy (non-hydrogen) atoms. The van der Waals surface area contributed by atoms with Crippen LogP contribution in [0, 0.1) is 0 Å². The Morgan fingerprint density at radius 2 is 2.15 bits per heavy atom. The summed E-state index contributed by atoms with van der Waals surface area (Å²) in [6, 6.07) is 0.969. The number of rotatable bonds is 2. The number of alkyl halides is 2. The van der Waals surface area contributed by atoms with Crippen molar-refractivity contribution in [3.63, 3.8) is 0 Å². The van der Waals surface area contributed by atoms with Gasteiger partial charge in [0.1, 0.15) is 16.6 Å². The molecule has 6 heteroatoms. The van der Waals surface area contributed by atoms with Gasteiger partial charge in [-0.2, -0.15) is 0 Å². The second kappa shape index (κ2) is 3.85. The third kappa shape index (κ3) is 2.05. The molecule has 0 radical (unpaired) electrons. The van der Waals surface area contributed by atoms with E-state index in [4.69, 9.17) is 21.8 Å². The van der Waals surface area contributed by atoms with E-state index >= 15 is 0 Å². The summed E-state index contributed by atoms with van der Waals surface area (Å²) in [5.74, 6) is -0.663. The van der Waals surface area contributed by atoms with Gasteiger partial charge in [0.25, 0.3) is 6.43 Å². The molecular formula is C7H6ClF2NO2. The normalized spacial score (nSPS) is 10.8. The predicted molar refractivity (Wildman–Crippen MR) is 41.8 cm³/mol. The van der Waals surface area contributed by atoms with Crippen molar-refractivity contribution in [2.75, 3.05) is 0 Å². The average Bonchev–Trinajstić information content (AvgIpc) is 2.07. The molecule has 0 bridgehead atoms. The lowest BCUT2D eigenvalue weighted by Crippen LogP contribution is -1.95. The first kappa shape index (κ1) is 10.1. The standard InChI is InChI=1S/C7H6ClF2NO2/c8-6-3(2-12)1-4(13)5(11-6)7(9)10/h1,7,12-13H,2H2. The zero-order chi connectivity index (χ0) is 10.0. The van der Waals surface area contributed by atoms with Crippen molar-refractivity contribution in [2.24, 2.45) is 0 Å². The molecule has 0 amide bonds. The number of nitrogens with zero attached hydrogens (tertiary/aromatic N) is 1. The van der Waals surface area contributed by atoms with E-state index < -0.39 is 24.5 Å². The Morgan fingerprint density at radius 1 is 1.54 bits per heavy atom.